The molecule has 0 radical (unpaired) electrons. The number of nitriles is 2. The van der Waals surface area contributed by atoms with Crippen molar-refractivity contribution in [2.45, 2.75) is 0 Å². The molecule has 0 N–H and O–H groups in total. The molecule has 254 valence electrons. The fraction of sp³-hybridized carbons (Fsp3) is 0. The Bertz CT molecular complexity index is 3460. The predicted molar refractivity (Wildman–Crippen MR) is 222 cm³/mol. The highest BCUT2D eigenvalue weighted by Crippen LogP contribution is 2.42. The zero-order valence-corrected chi connectivity index (χ0v) is 29.3. The number of rotatable bonds is 4. The van der Waals surface area contributed by atoms with E-state index in [2.05, 4.69) is 141 Å². The van der Waals surface area contributed by atoms with Crippen LogP contribution in [0.1, 0.15) is 11.1 Å². The lowest BCUT2D eigenvalue weighted by atomic mass is 10.0. The van der Waals surface area contributed by atoms with Gasteiger partial charge in [0.05, 0.1) is 61.9 Å². The van der Waals surface area contributed by atoms with Crippen LogP contribution in [0.5, 0.6) is 0 Å². The lowest BCUT2D eigenvalue weighted by Gasteiger charge is -2.14. The molecule has 0 saturated heterocycles. The summed E-state index contributed by atoms with van der Waals surface area (Å²) >= 11 is 0. The first-order valence-corrected chi connectivity index (χ1v) is 18.2. The lowest BCUT2D eigenvalue weighted by Crippen LogP contribution is -1.99. The van der Waals surface area contributed by atoms with Gasteiger partial charge in [-0.3, -0.25) is 4.98 Å². The van der Waals surface area contributed by atoms with Gasteiger partial charge in [0.1, 0.15) is 0 Å². The summed E-state index contributed by atoms with van der Waals surface area (Å²) in [4.78, 5) is 4.94. The van der Waals surface area contributed by atoms with Crippen molar-refractivity contribution < 1.29 is 0 Å². The monoisotopic (exact) mass is 700 g/mol. The van der Waals surface area contributed by atoms with E-state index in [1.165, 1.54) is 10.8 Å². The highest BCUT2D eigenvalue weighted by molar-refractivity contribution is 6.23. The molecule has 0 aliphatic heterocycles. The van der Waals surface area contributed by atoms with Gasteiger partial charge in [-0.2, -0.15) is 10.5 Å². The summed E-state index contributed by atoms with van der Waals surface area (Å²) in [6, 6.07) is 61.1. The molecule has 11 rings (SSSR count). The van der Waals surface area contributed by atoms with Gasteiger partial charge >= 0.3 is 0 Å². The van der Waals surface area contributed by atoms with Gasteiger partial charge < -0.3 is 13.7 Å². The first-order chi connectivity index (χ1) is 27.2. The average molecular weight is 701 g/mol. The molecule has 7 aromatic carbocycles. The van der Waals surface area contributed by atoms with Crippen molar-refractivity contribution >= 4 is 65.5 Å². The van der Waals surface area contributed by atoms with Gasteiger partial charge in [0.25, 0.3) is 0 Å². The van der Waals surface area contributed by atoms with Gasteiger partial charge in [-0.15, -0.1) is 0 Å². The van der Waals surface area contributed by atoms with Crippen molar-refractivity contribution in [3.8, 4) is 40.3 Å². The SMILES string of the molecule is N#Cc1cc(-c2cccc(-n3c4cccnc4c4ccc5c6ccccc6n(-c6ccccc6)c5c43)c2)cc(-n2c3ccccc3c3cc(C#N)ccc32)c1. The Kier molecular flexibility index (Phi) is 6.58. The standard InChI is InChI=1S/C49H28N6/c50-29-31-19-22-45-42(26-31)39-15-5-6-16-43(39)53(45)37-25-32(30-51)24-34(28-37)33-10-8-13-36(27-33)55-46-18-9-23-52-47(46)41-21-20-40-38-14-4-7-17-44(38)54(48(40)49(41)55)35-11-2-1-3-12-35/h1-28H. The average Bonchev–Trinajstić information content (AvgIpc) is 3.89. The highest BCUT2D eigenvalue weighted by Gasteiger charge is 2.22. The fourth-order valence-electron chi connectivity index (χ4n) is 8.59. The zero-order valence-electron chi connectivity index (χ0n) is 29.3. The maximum Gasteiger partial charge on any atom is 0.0992 e. The summed E-state index contributed by atoms with van der Waals surface area (Å²) in [6.07, 6.45) is 1.87. The number of pyridine rings is 1. The normalized spacial score (nSPS) is 11.6. The van der Waals surface area contributed by atoms with Crippen LogP contribution in [0.25, 0.3) is 93.7 Å². The maximum atomic E-state index is 10.3. The number of para-hydroxylation sites is 3. The number of aromatic nitrogens is 4. The van der Waals surface area contributed by atoms with Crippen molar-refractivity contribution in [1.29, 1.82) is 10.5 Å². The molecule has 0 bridgehead atoms. The molecule has 6 heteroatoms. The van der Waals surface area contributed by atoms with Gasteiger partial charge in [-0.25, -0.2) is 0 Å². The lowest BCUT2D eigenvalue weighted by molar-refractivity contribution is 1.15. The van der Waals surface area contributed by atoms with Gasteiger partial charge in [0.15, 0.2) is 0 Å². The van der Waals surface area contributed by atoms with E-state index in [1.807, 2.05) is 54.7 Å². The number of hydrogen-bond donors (Lipinski definition) is 0. The Labute approximate surface area is 315 Å². The minimum Gasteiger partial charge on any atom is -0.309 e. The van der Waals surface area contributed by atoms with Crippen molar-refractivity contribution in [1.82, 2.24) is 18.7 Å². The van der Waals surface area contributed by atoms with E-state index < -0.39 is 0 Å². The molecular weight excluding hydrogens is 673 g/mol. The van der Waals surface area contributed by atoms with Crippen molar-refractivity contribution in [3.63, 3.8) is 0 Å². The molecule has 0 saturated carbocycles. The van der Waals surface area contributed by atoms with Crippen LogP contribution in [0.15, 0.2) is 170 Å². The molecule has 4 aromatic heterocycles. The van der Waals surface area contributed by atoms with Crippen LogP contribution in [-0.4, -0.2) is 18.7 Å². The van der Waals surface area contributed by atoms with Crippen molar-refractivity contribution in [2.75, 3.05) is 0 Å². The quantitative estimate of drug-likeness (QED) is 0.183. The van der Waals surface area contributed by atoms with Gasteiger partial charge in [0.2, 0.25) is 0 Å². The van der Waals surface area contributed by atoms with Gasteiger partial charge in [0, 0.05) is 50.2 Å². The molecule has 55 heavy (non-hydrogen) atoms. The van der Waals surface area contributed by atoms with Crippen molar-refractivity contribution in [3.05, 3.63) is 181 Å². The Morgan fingerprint density at radius 1 is 0.382 bits per heavy atom. The summed E-state index contributed by atoms with van der Waals surface area (Å²) in [5, 5.41) is 25.5. The van der Waals surface area contributed by atoms with E-state index in [4.69, 9.17) is 4.98 Å². The molecule has 0 aliphatic carbocycles. The van der Waals surface area contributed by atoms with Crippen LogP contribution in [0.3, 0.4) is 0 Å². The minimum absolute atomic E-state index is 0.563. The predicted octanol–water partition coefficient (Wildman–Crippen LogP) is 11.8. The molecule has 0 fully saturated rings. The molecule has 0 aliphatic rings. The third-order valence-corrected chi connectivity index (χ3v) is 10.9. The van der Waals surface area contributed by atoms with Crippen LogP contribution in [0, 0.1) is 22.7 Å². The molecule has 4 heterocycles. The van der Waals surface area contributed by atoms with E-state index >= 15 is 0 Å². The van der Waals surface area contributed by atoms with E-state index in [1.54, 1.807) is 0 Å². The van der Waals surface area contributed by atoms with Crippen LogP contribution in [0.2, 0.25) is 0 Å². The zero-order chi connectivity index (χ0) is 36.6. The molecule has 0 amide bonds. The number of fused-ring (bicyclic) bond motifs is 10. The summed E-state index contributed by atoms with van der Waals surface area (Å²) in [7, 11) is 0. The Morgan fingerprint density at radius 2 is 1.02 bits per heavy atom. The molecule has 6 nitrogen and oxygen atoms in total. The number of benzene rings is 7. The van der Waals surface area contributed by atoms with E-state index in [9.17, 15) is 10.5 Å². The fourth-order valence-corrected chi connectivity index (χ4v) is 8.59. The van der Waals surface area contributed by atoms with Crippen LogP contribution in [-0.2, 0) is 0 Å². The van der Waals surface area contributed by atoms with Crippen LogP contribution < -0.4 is 0 Å². The highest BCUT2D eigenvalue weighted by atomic mass is 15.1. The largest absolute Gasteiger partial charge is 0.309 e. The summed E-state index contributed by atoms with van der Waals surface area (Å²) in [5.74, 6) is 0. The third-order valence-electron chi connectivity index (χ3n) is 10.9. The van der Waals surface area contributed by atoms with Gasteiger partial charge in [-0.1, -0.05) is 72.8 Å². The second-order valence-corrected chi connectivity index (χ2v) is 13.9. The smallest absolute Gasteiger partial charge is 0.0992 e. The molecular formula is C49H28N6. The van der Waals surface area contributed by atoms with E-state index in [0.29, 0.717) is 11.1 Å². The van der Waals surface area contributed by atoms with Gasteiger partial charge in [-0.05, 0) is 102 Å². The summed E-state index contributed by atoms with van der Waals surface area (Å²) in [6.45, 7) is 0. The third kappa shape index (κ3) is 4.50. The first-order valence-electron chi connectivity index (χ1n) is 18.2. The van der Waals surface area contributed by atoms with E-state index in [-0.39, 0.29) is 0 Å². The van der Waals surface area contributed by atoms with Crippen LogP contribution >= 0.6 is 0 Å². The first kappa shape index (κ1) is 30.7. The summed E-state index contributed by atoms with van der Waals surface area (Å²) in [5.41, 5.74) is 13.3. The van der Waals surface area contributed by atoms with E-state index in [0.717, 1.165) is 83.0 Å². The maximum absolute atomic E-state index is 10.3. The summed E-state index contributed by atoms with van der Waals surface area (Å²) < 4.78 is 6.91. The Balaban J connectivity index is 1.18. The van der Waals surface area contributed by atoms with Crippen LogP contribution in [0.4, 0.5) is 0 Å². The second kappa shape index (κ2) is 11.8. The second-order valence-electron chi connectivity index (χ2n) is 13.9. The molecule has 0 atom stereocenters. The van der Waals surface area contributed by atoms with Crippen molar-refractivity contribution in [2.24, 2.45) is 0 Å². The topological polar surface area (TPSA) is 75.3 Å². The number of hydrogen-bond acceptors (Lipinski definition) is 3. The Hall–Kier alpha value is -7.93. The minimum atomic E-state index is 0.563. The molecule has 0 spiro atoms. The number of nitrogens with zero attached hydrogens (tertiary/aromatic N) is 6. The molecule has 0 unspecified atom stereocenters. The molecule has 11 aromatic rings. The Morgan fingerprint density at radius 3 is 1.84 bits per heavy atom.